The van der Waals surface area contributed by atoms with Gasteiger partial charge in [0.25, 0.3) is 0 Å². The maximum Gasteiger partial charge on any atom is 0.221 e. The standard InChI is InChI=1S/C17H30N2O/c1-16(2,3)18-5-4-15(20)19-17-9-12-6-13(10-17)8-14(7-12)11-17/h12-14,18H,4-11H2,1-3H3,(H,19,20). The van der Waals surface area contributed by atoms with Gasteiger partial charge < -0.3 is 10.6 Å². The molecule has 0 saturated heterocycles. The molecule has 1 amide bonds. The molecule has 20 heavy (non-hydrogen) atoms. The molecular formula is C17H30N2O. The van der Waals surface area contributed by atoms with Crippen molar-refractivity contribution in [3.8, 4) is 0 Å². The molecule has 3 nitrogen and oxygen atoms in total. The van der Waals surface area contributed by atoms with Crippen LogP contribution >= 0.6 is 0 Å². The lowest BCUT2D eigenvalue weighted by molar-refractivity contribution is -0.126. The fourth-order valence-electron chi connectivity index (χ4n) is 5.17. The molecule has 4 bridgehead atoms. The molecule has 4 rings (SSSR count). The van der Waals surface area contributed by atoms with Crippen molar-refractivity contribution in [3.63, 3.8) is 0 Å². The third-order valence-corrected chi connectivity index (χ3v) is 5.45. The van der Waals surface area contributed by atoms with E-state index in [9.17, 15) is 4.79 Å². The summed E-state index contributed by atoms with van der Waals surface area (Å²) in [7, 11) is 0. The Bertz CT molecular complexity index is 348. The van der Waals surface area contributed by atoms with E-state index < -0.39 is 0 Å². The highest BCUT2D eigenvalue weighted by atomic mass is 16.1. The van der Waals surface area contributed by atoms with Gasteiger partial charge in [0.1, 0.15) is 0 Å². The summed E-state index contributed by atoms with van der Waals surface area (Å²) >= 11 is 0. The number of amides is 1. The molecule has 0 spiro atoms. The lowest BCUT2D eigenvalue weighted by atomic mass is 9.53. The van der Waals surface area contributed by atoms with Crippen molar-refractivity contribution >= 4 is 5.91 Å². The molecule has 4 aliphatic rings. The molecule has 0 atom stereocenters. The van der Waals surface area contributed by atoms with Gasteiger partial charge in [-0.2, -0.15) is 0 Å². The van der Waals surface area contributed by atoms with E-state index in [-0.39, 0.29) is 17.0 Å². The van der Waals surface area contributed by atoms with E-state index in [1.54, 1.807) is 0 Å². The molecule has 0 aromatic rings. The minimum atomic E-state index is 0.0982. The smallest absolute Gasteiger partial charge is 0.221 e. The van der Waals surface area contributed by atoms with E-state index in [1.165, 1.54) is 38.5 Å². The molecule has 4 aliphatic carbocycles. The van der Waals surface area contributed by atoms with E-state index >= 15 is 0 Å². The molecular weight excluding hydrogens is 248 g/mol. The second-order valence-corrected chi connectivity index (χ2v) is 8.67. The summed E-state index contributed by atoms with van der Waals surface area (Å²) in [6.07, 6.45) is 8.65. The van der Waals surface area contributed by atoms with Gasteiger partial charge in [-0.05, 0) is 77.0 Å². The Kier molecular flexibility index (Phi) is 3.60. The van der Waals surface area contributed by atoms with Gasteiger partial charge in [0.2, 0.25) is 5.91 Å². The topological polar surface area (TPSA) is 41.1 Å². The van der Waals surface area contributed by atoms with Crippen molar-refractivity contribution in [2.45, 2.75) is 76.8 Å². The van der Waals surface area contributed by atoms with Crippen molar-refractivity contribution in [3.05, 3.63) is 0 Å². The van der Waals surface area contributed by atoms with Gasteiger partial charge in [0.05, 0.1) is 0 Å². The Morgan fingerprint density at radius 2 is 1.55 bits per heavy atom. The monoisotopic (exact) mass is 278 g/mol. The molecule has 2 N–H and O–H groups in total. The van der Waals surface area contributed by atoms with Crippen LogP contribution in [0, 0.1) is 17.8 Å². The lowest BCUT2D eigenvalue weighted by Crippen LogP contribution is -2.60. The molecule has 0 unspecified atom stereocenters. The van der Waals surface area contributed by atoms with Crippen molar-refractivity contribution in [2.24, 2.45) is 17.8 Å². The lowest BCUT2D eigenvalue weighted by Gasteiger charge is -2.56. The van der Waals surface area contributed by atoms with Crippen molar-refractivity contribution in [1.29, 1.82) is 0 Å². The second kappa shape index (κ2) is 5.01. The van der Waals surface area contributed by atoms with Crippen LogP contribution in [0.2, 0.25) is 0 Å². The molecule has 0 aliphatic heterocycles. The zero-order valence-electron chi connectivity index (χ0n) is 13.3. The molecule has 114 valence electrons. The molecule has 4 fully saturated rings. The SMILES string of the molecule is CC(C)(C)NCCC(=O)NC12CC3CC(CC(C3)C1)C2. The summed E-state index contributed by atoms with van der Waals surface area (Å²) in [6.45, 7) is 7.21. The molecule has 3 heteroatoms. The van der Waals surface area contributed by atoms with Crippen LogP contribution < -0.4 is 10.6 Å². The molecule has 0 aromatic carbocycles. The van der Waals surface area contributed by atoms with Crippen LogP contribution in [0.3, 0.4) is 0 Å². The third kappa shape index (κ3) is 3.19. The van der Waals surface area contributed by atoms with Crippen LogP contribution in [0.25, 0.3) is 0 Å². The largest absolute Gasteiger partial charge is 0.351 e. The Balaban J connectivity index is 1.51. The zero-order chi connectivity index (χ0) is 14.4. The summed E-state index contributed by atoms with van der Waals surface area (Å²) < 4.78 is 0. The minimum absolute atomic E-state index is 0.0982. The summed E-state index contributed by atoms with van der Waals surface area (Å²) in [4.78, 5) is 12.3. The first-order chi connectivity index (χ1) is 9.34. The van der Waals surface area contributed by atoms with Gasteiger partial charge in [0.15, 0.2) is 0 Å². The fourth-order valence-corrected chi connectivity index (χ4v) is 5.17. The minimum Gasteiger partial charge on any atom is -0.351 e. The Hall–Kier alpha value is -0.570. The van der Waals surface area contributed by atoms with E-state index in [1.807, 2.05) is 0 Å². The van der Waals surface area contributed by atoms with Gasteiger partial charge in [-0.25, -0.2) is 0 Å². The van der Waals surface area contributed by atoms with E-state index in [4.69, 9.17) is 0 Å². The Labute approximate surface area is 123 Å². The number of carbonyl (C=O) groups is 1. The molecule has 0 radical (unpaired) electrons. The summed E-state index contributed by atoms with van der Waals surface area (Å²) in [5.74, 6) is 2.95. The number of hydrogen-bond acceptors (Lipinski definition) is 2. The van der Waals surface area contributed by atoms with Crippen molar-refractivity contribution < 1.29 is 4.79 Å². The maximum atomic E-state index is 12.3. The highest BCUT2D eigenvalue weighted by molar-refractivity contribution is 5.77. The predicted molar refractivity (Wildman–Crippen MR) is 81.4 cm³/mol. The first-order valence-electron chi connectivity index (χ1n) is 8.40. The highest BCUT2D eigenvalue weighted by Gasteiger charge is 2.51. The maximum absolute atomic E-state index is 12.3. The van der Waals surface area contributed by atoms with Crippen LogP contribution in [0.4, 0.5) is 0 Å². The normalized spacial score (nSPS) is 39.0. The fraction of sp³-hybridized carbons (Fsp3) is 0.941. The highest BCUT2D eigenvalue weighted by Crippen LogP contribution is 2.55. The van der Waals surface area contributed by atoms with Crippen molar-refractivity contribution in [1.82, 2.24) is 10.6 Å². The van der Waals surface area contributed by atoms with Gasteiger partial charge in [0, 0.05) is 24.0 Å². The van der Waals surface area contributed by atoms with Crippen LogP contribution in [0.15, 0.2) is 0 Å². The van der Waals surface area contributed by atoms with E-state index in [0.717, 1.165) is 24.3 Å². The average Bonchev–Trinajstić information content (AvgIpc) is 2.23. The first-order valence-corrected chi connectivity index (χ1v) is 8.40. The van der Waals surface area contributed by atoms with Gasteiger partial charge in [-0.15, -0.1) is 0 Å². The molecule has 4 saturated carbocycles. The number of hydrogen-bond donors (Lipinski definition) is 2. The van der Waals surface area contributed by atoms with Gasteiger partial charge in [-0.1, -0.05) is 0 Å². The summed E-state index contributed by atoms with van der Waals surface area (Å²) in [5.41, 5.74) is 0.272. The van der Waals surface area contributed by atoms with Crippen LogP contribution in [-0.4, -0.2) is 23.5 Å². The second-order valence-electron chi connectivity index (χ2n) is 8.67. The predicted octanol–water partition coefficient (Wildman–Crippen LogP) is 2.85. The van der Waals surface area contributed by atoms with E-state index in [0.29, 0.717) is 6.42 Å². The Morgan fingerprint density at radius 1 is 1.05 bits per heavy atom. The number of carbonyl (C=O) groups excluding carboxylic acids is 1. The summed E-state index contributed by atoms with van der Waals surface area (Å²) in [6, 6.07) is 0. The van der Waals surface area contributed by atoms with Gasteiger partial charge >= 0.3 is 0 Å². The molecule has 0 aromatic heterocycles. The van der Waals surface area contributed by atoms with Gasteiger partial charge in [-0.3, -0.25) is 4.79 Å². The van der Waals surface area contributed by atoms with Crippen molar-refractivity contribution in [2.75, 3.05) is 6.54 Å². The Morgan fingerprint density at radius 3 is 2.00 bits per heavy atom. The number of nitrogens with one attached hydrogen (secondary N) is 2. The van der Waals surface area contributed by atoms with Crippen LogP contribution in [0.5, 0.6) is 0 Å². The first kappa shape index (κ1) is 14.4. The van der Waals surface area contributed by atoms with E-state index in [2.05, 4.69) is 31.4 Å². The van der Waals surface area contributed by atoms with Crippen LogP contribution in [0.1, 0.15) is 65.7 Å². The average molecular weight is 278 g/mol. The summed E-state index contributed by atoms with van der Waals surface area (Å²) in [5, 5.41) is 6.83. The molecule has 0 heterocycles. The quantitative estimate of drug-likeness (QED) is 0.830. The number of rotatable bonds is 4. The van der Waals surface area contributed by atoms with Crippen LogP contribution in [-0.2, 0) is 4.79 Å². The third-order valence-electron chi connectivity index (χ3n) is 5.45. The zero-order valence-corrected chi connectivity index (χ0v) is 13.3.